The number of fused-ring (bicyclic) bond motifs is 1. The highest BCUT2D eigenvalue weighted by Crippen LogP contribution is 2.42. The number of anilines is 2. The SMILES string of the molecule is C=CC(=O)N1[C@H](C)CN(c2c(C#N)c(=O)n(C3=C(C)C=CNC3C(C)C)c3nc(-c4c(F)c(N)c(F)c(Cl)c4F)c(Cl)cc23)C[C@@H]1C. The number of nitrogen functional groups attached to an aromatic ring is 1. The molecule has 2 aromatic heterocycles. The Morgan fingerprint density at radius 1 is 1.19 bits per heavy atom. The van der Waals surface area contributed by atoms with E-state index in [9.17, 15) is 19.2 Å². The van der Waals surface area contributed by atoms with Crippen LogP contribution in [0.3, 0.4) is 0 Å². The van der Waals surface area contributed by atoms with E-state index in [1.807, 2.05) is 27.7 Å². The van der Waals surface area contributed by atoms with Crippen LogP contribution in [0.1, 0.15) is 40.2 Å². The number of carbonyl (C=O) groups is 1. The number of halogens is 5. The van der Waals surface area contributed by atoms with Gasteiger partial charge in [0.1, 0.15) is 28.0 Å². The van der Waals surface area contributed by atoms with E-state index in [4.69, 9.17) is 28.9 Å². The summed E-state index contributed by atoms with van der Waals surface area (Å²) >= 11 is 12.5. The molecular formula is C33H32Cl2F3N7O2. The Morgan fingerprint density at radius 3 is 2.40 bits per heavy atom. The maximum absolute atomic E-state index is 15.5. The van der Waals surface area contributed by atoms with E-state index in [2.05, 4.69) is 22.9 Å². The summed E-state index contributed by atoms with van der Waals surface area (Å²) < 4.78 is 46.6. The van der Waals surface area contributed by atoms with Crippen LogP contribution in [0.5, 0.6) is 0 Å². The molecule has 2 aliphatic heterocycles. The predicted molar refractivity (Wildman–Crippen MR) is 178 cm³/mol. The van der Waals surface area contributed by atoms with E-state index < -0.39 is 51.0 Å². The van der Waals surface area contributed by atoms with Gasteiger partial charge in [0, 0.05) is 30.6 Å². The molecule has 1 saturated heterocycles. The van der Waals surface area contributed by atoms with Crippen LogP contribution in [0.2, 0.25) is 10.0 Å². The highest BCUT2D eigenvalue weighted by Gasteiger charge is 2.36. The lowest BCUT2D eigenvalue weighted by molar-refractivity contribution is -0.130. The minimum atomic E-state index is -1.48. The number of amides is 1. The maximum Gasteiger partial charge on any atom is 0.276 e. The zero-order valence-corrected chi connectivity index (χ0v) is 27.8. The van der Waals surface area contributed by atoms with E-state index in [-0.39, 0.29) is 64.3 Å². The number of piperazine rings is 1. The molecule has 9 nitrogen and oxygen atoms in total. The third kappa shape index (κ3) is 5.41. The smallest absolute Gasteiger partial charge is 0.276 e. The van der Waals surface area contributed by atoms with Crippen LogP contribution in [-0.2, 0) is 4.79 Å². The number of hydrogen-bond acceptors (Lipinski definition) is 7. The summed E-state index contributed by atoms with van der Waals surface area (Å²) in [5.74, 6) is -4.74. The highest BCUT2D eigenvalue weighted by atomic mass is 35.5. The van der Waals surface area contributed by atoms with Gasteiger partial charge in [-0.05, 0) is 56.7 Å². The number of nitrogens with zero attached hydrogens (tertiary/aromatic N) is 5. The van der Waals surface area contributed by atoms with Gasteiger partial charge >= 0.3 is 0 Å². The van der Waals surface area contributed by atoms with E-state index in [0.29, 0.717) is 11.3 Å². The monoisotopic (exact) mass is 685 g/mol. The summed E-state index contributed by atoms with van der Waals surface area (Å²) in [4.78, 5) is 35.2. The first kappa shape index (κ1) is 33.9. The zero-order chi connectivity index (χ0) is 34.6. The average molecular weight is 687 g/mol. The normalized spacial score (nSPS) is 19.7. The van der Waals surface area contributed by atoms with Crippen molar-refractivity contribution < 1.29 is 18.0 Å². The molecule has 3 atom stereocenters. The van der Waals surface area contributed by atoms with Crippen LogP contribution in [0.15, 0.2) is 41.4 Å². The number of allylic oxidation sites excluding steroid dienone is 2. The number of benzene rings is 1. The van der Waals surface area contributed by atoms with Crippen LogP contribution < -0.4 is 21.5 Å². The second kappa shape index (κ2) is 12.6. The molecule has 5 rings (SSSR count). The quantitative estimate of drug-likeness (QED) is 0.142. The standard InChI is InChI=1S/C33H32Cl2F3N7O2/c1-7-21(46)44-16(5)12-43(13-17(44)6)31-18-10-20(34)29(22-24(36)23(35)26(38)27(40)25(22)37)42-32(18)45(33(47)19(31)11-39)30-15(4)8-9-41-28(30)14(2)3/h7-10,14,16-17,28,41H,1,12-13,40H2,2-6H3/t16-,17+,28?. The summed E-state index contributed by atoms with van der Waals surface area (Å²) in [5, 5.41) is 12.6. The van der Waals surface area contributed by atoms with Crippen molar-refractivity contribution >= 4 is 57.2 Å². The number of nitriles is 1. The lowest BCUT2D eigenvalue weighted by atomic mass is 9.94. The van der Waals surface area contributed by atoms with E-state index in [0.717, 1.165) is 0 Å². The van der Waals surface area contributed by atoms with Gasteiger partial charge in [0.05, 0.1) is 33.7 Å². The Balaban J connectivity index is 1.92. The van der Waals surface area contributed by atoms with Crippen molar-refractivity contribution in [2.75, 3.05) is 23.7 Å². The Hall–Kier alpha value is -4.47. The first-order valence-corrected chi connectivity index (χ1v) is 15.6. The highest BCUT2D eigenvalue weighted by molar-refractivity contribution is 6.34. The van der Waals surface area contributed by atoms with Crippen LogP contribution in [-0.4, -0.2) is 51.6 Å². The van der Waals surface area contributed by atoms with E-state index in [1.54, 1.807) is 29.0 Å². The fourth-order valence-electron chi connectivity index (χ4n) is 6.51. The lowest BCUT2D eigenvalue weighted by Crippen LogP contribution is -2.58. The lowest BCUT2D eigenvalue weighted by Gasteiger charge is -2.45. The van der Waals surface area contributed by atoms with Gasteiger partial charge in [-0.1, -0.05) is 43.6 Å². The Labute approximate surface area is 279 Å². The minimum absolute atomic E-state index is 0.0633. The molecule has 1 amide bonds. The largest absolute Gasteiger partial charge is 0.394 e. The number of aromatic nitrogens is 2. The number of carbonyl (C=O) groups excluding carboxylic acids is 1. The molecular weight excluding hydrogens is 654 g/mol. The van der Waals surface area contributed by atoms with E-state index in [1.165, 1.54) is 16.7 Å². The molecule has 0 radical (unpaired) electrons. The molecule has 2 aliphatic rings. The number of dihydropyridines is 1. The fourth-order valence-corrected chi connectivity index (χ4v) is 6.95. The zero-order valence-electron chi connectivity index (χ0n) is 26.3. The van der Waals surface area contributed by atoms with E-state index >= 15 is 8.78 Å². The first-order chi connectivity index (χ1) is 22.2. The third-order valence-electron chi connectivity index (χ3n) is 8.60. The van der Waals surface area contributed by atoms with Crippen LogP contribution in [0.4, 0.5) is 24.5 Å². The molecule has 14 heteroatoms. The molecule has 3 N–H and O–H groups in total. The van der Waals surface area contributed by atoms with Crippen LogP contribution >= 0.6 is 23.2 Å². The topological polar surface area (TPSA) is 120 Å². The third-order valence-corrected chi connectivity index (χ3v) is 9.22. The molecule has 0 saturated carbocycles. The van der Waals surface area contributed by atoms with Crippen molar-refractivity contribution in [3.05, 3.63) is 80.0 Å². The molecule has 1 aromatic carbocycles. The van der Waals surface area contributed by atoms with Gasteiger partial charge in [0.15, 0.2) is 17.5 Å². The number of nitrogens with two attached hydrogens (primary N) is 1. The summed E-state index contributed by atoms with van der Waals surface area (Å²) in [7, 11) is 0. The summed E-state index contributed by atoms with van der Waals surface area (Å²) in [5.41, 5.74) is 3.53. The van der Waals surface area contributed by atoms with Crippen molar-refractivity contribution in [3.63, 3.8) is 0 Å². The van der Waals surface area contributed by atoms with Gasteiger partial charge in [-0.25, -0.2) is 18.2 Å². The van der Waals surface area contributed by atoms with Gasteiger partial charge in [0.2, 0.25) is 5.91 Å². The fraction of sp³-hybridized carbons (Fsp3) is 0.333. The van der Waals surface area contributed by atoms with Crippen LogP contribution in [0.25, 0.3) is 28.0 Å². The molecule has 0 bridgehead atoms. The molecule has 1 unspecified atom stereocenters. The van der Waals surface area contributed by atoms with Crippen molar-refractivity contribution in [1.82, 2.24) is 19.8 Å². The van der Waals surface area contributed by atoms with Crippen LogP contribution in [0, 0.1) is 34.7 Å². The van der Waals surface area contributed by atoms with Gasteiger partial charge < -0.3 is 20.9 Å². The first-order valence-electron chi connectivity index (χ1n) is 14.8. The Morgan fingerprint density at radius 2 is 1.83 bits per heavy atom. The molecule has 1 fully saturated rings. The molecule has 0 aliphatic carbocycles. The minimum Gasteiger partial charge on any atom is -0.394 e. The molecule has 47 heavy (non-hydrogen) atoms. The number of pyridine rings is 2. The molecule has 0 spiro atoms. The molecule has 4 heterocycles. The van der Waals surface area contributed by atoms with Gasteiger partial charge in [-0.3, -0.25) is 14.2 Å². The van der Waals surface area contributed by atoms with Crippen molar-refractivity contribution in [2.45, 2.75) is 52.7 Å². The predicted octanol–water partition coefficient (Wildman–Crippen LogP) is 6.23. The number of nitrogens with one attached hydrogen (secondary N) is 1. The molecule has 3 aromatic rings. The molecule has 246 valence electrons. The summed E-state index contributed by atoms with van der Waals surface area (Å²) in [6.07, 6.45) is 4.72. The summed E-state index contributed by atoms with van der Waals surface area (Å²) in [6.45, 7) is 13.4. The van der Waals surface area contributed by atoms with Gasteiger partial charge in [-0.15, -0.1) is 0 Å². The maximum atomic E-state index is 15.5. The number of rotatable bonds is 5. The van der Waals surface area contributed by atoms with Gasteiger partial charge in [0.25, 0.3) is 5.56 Å². The Bertz CT molecular complexity index is 1980. The van der Waals surface area contributed by atoms with Crippen molar-refractivity contribution in [3.8, 4) is 17.3 Å². The Kier molecular flexibility index (Phi) is 9.10. The average Bonchev–Trinajstić information content (AvgIpc) is 3.02. The second-order valence-electron chi connectivity index (χ2n) is 12.1. The second-order valence-corrected chi connectivity index (χ2v) is 12.8. The number of hydrogen-bond donors (Lipinski definition) is 2. The van der Waals surface area contributed by atoms with Crippen molar-refractivity contribution in [2.24, 2.45) is 5.92 Å². The van der Waals surface area contributed by atoms with Crippen molar-refractivity contribution in [1.29, 1.82) is 5.26 Å². The summed E-state index contributed by atoms with van der Waals surface area (Å²) in [6, 6.07) is 2.29. The van der Waals surface area contributed by atoms with Gasteiger partial charge in [-0.2, -0.15) is 5.26 Å².